The van der Waals surface area contributed by atoms with E-state index in [0.717, 1.165) is 54.6 Å². The lowest BCUT2D eigenvalue weighted by molar-refractivity contribution is 0.0816. The van der Waals surface area contributed by atoms with Crippen LogP contribution in [-0.4, -0.2) is 10.2 Å². The maximum absolute atomic E-state index is 12.0. The molecule has 2 heteroatoms. The molecule has 6 atom stereocenters. The van der Waals surface area contributed by atoms with E-state index in [1.807, 2.05) is 6.92 Å². The molecule has 0 heterocycles. The summed E-state index contributed by atoms with van der Waals surface area (Å²) < 4.78 is 0. The van der Waals surface area contributed by atoms with Gasteiger partial charge in [-0.1, -0.05) is 105 Å². The fourth-order valence-corrected chi connectivity index (χ4v) is 10.9. The maximum atomic E-state index is 12.0. The van der Waals surface area contributed by atoms with E-state index in [0.29, 0.717) is 29.3 Å². The fraction of sp³-hybridized carbons (Fsp3) is 0.714. The molecular weight excluding hydrogens is 536 g/mol. The molecule has 2 N–H and O–H groups in total. The summed E-state index contributed by atoms with van der Waals surface area (Å²) in [5.74, 6) is 5.05. The number of benzene rings is 1. The second-order valence-electron chi connectivity index (χ2n) is 17.4. The second kappa shape index (κ2) is 12.3. The van der Waals surface area contributed by atoms with E-state index >= 15 is 0 Å². The zero-order valence-electron chi connectivity index (χ0n) is 30.5. The van der Waals surface area contributed by atoms with E-state index < -0.39 is 0 Å². The monoisotopic (exact) mass is 603 g/mol. The van der Waals surface area contributed by atoms with Crippen LogP contribution in [0.5, 0.6) is 5.75 Å². The van der Waals surface area contributed by atoms with Gasteiger partial charge in [0.1, 0.15) is 11.5 Å². The molecule has 3 fully saturated rings. The van der Waals surface area contributed by atoms with Crippen molar-refractivity contribution in [2.45, 2.75) is 146 Å². The number of rotatable bonds is 10. The number of hydrogen-bond acceptors (Lipinski definition) is 2. The predicted octanol–water partition coefficient (Wildman–Crippen LogP) is 12.4. The van der Waals surface area contributed by atoms with Gasteiger partial charge in [-0.25, -0.2) is 0 Å². The highest BCUT2D eigenvalue weighted by atomic mass is 16.3. The molecule has 1 aromatic rings. The summed E-state index contributed by atoms with van der Waals surface area (Å²) in [5.41, 5.74) is 5.52. The SMILES string of the molecule is C=C(C)/C=C(\C(O)=C\C(CC)(CC)C1CC2CC1C1CC(c3cc(C)cc(C(CC)(CC)C(C)(C)C)c3O)CC21)C(C)(C)C. The van der Waals surface area contributed by atoms with Gasteiger partial charge in [0.25, 0.3) is 0 Å². The Morgan fingerprint density at radius 1 is 0.864 bits per heavy atom. The lowest BCUT2D eigenvalue weighted by atomic mass is 9.59. The molecule has 246 valence electrons. The van der Waals surface area contributed by atoms with Gasteiger partial charge < -0.3 is 10.2 Å². The van der Waals surface area contributed by atoms with Crippen LogP contribution in [0.25, 0.3) is 0 Å². The number of aliphatic hydroxyl groups is 1. The Labute approximate surface area is 271 Å². The molecule has 0 saturated heterocycles. The lowest BCUT2D eigenvalue weighted by Gasteiger charge is -2.45. The average Bonchev–Trinajstić information content (AvgIpc) is 3.64. The third kappa shape index (κ3) is 5.86. The molecule has 1 aromatic carbocycles. The Hall–Kier alpha value is -1.96. The molecule has 3 saturated carbocycles. The molecule has 4 rings (SSSR count). The van der Waals surface area contributed by atoms with Crippen molar-refractivity contribution in [2.75, 3.05) is 0 Å². The van der Waals surface area contributed by atoms with Crippen LogP contribution in [-0.2, 0) is 5.41 Å². The molecule has 2 nitrogen and oxygen atoms in total. The lowest BCUT2D eigenvalue weighted by Crippen LogP contribution is -2.39. The number of aliphatic hydroxyl groups excluding tert-OH is 1. The summed E-state index contributed by atoms with van der Waals surface area (Å²) >= 11 is 0. The first kappa shape index (κ1) is 34.9. The van der Waals surface area contributed by atoms with Gasteiger partial charge in [0.15, 0.2) is 0 Å². The minimum Gasteiger partial charge on any atom is -0.508 e. The third-order valence-corrected chi connectivity index (χ3v) is 13.3. The minimum absolute atomic E-state index is 0.000815. The normalized spacial score (nSPS) is 28.1. The maximum Gasteiger partial charge on any atom is 0.122 e. The third-order valence-electron chi connectivity index (χ3n) is 13.3. The van der Waals surface area contributed by atoms with Crippen LogP contribution in [0.1, 0.15) is 150 Å². The van der Waals surface area contributed by atoms with E-state index in [1.165, 1.54) is 42.4 Å². The van der Waals surface area contributed by atoms with E-state index in [4.69, 9.17) is 0 Å². The number of aryl methyl sites for hydroxylation is 1. The van der Waals surface area contributed by atoms with Crippen LogP contribution >= 0.6 is 0 Å². The molecule has 0 aromatic heterocycles. The van der Waals surface area contributed by atoms with Crippen LogP contribution in [0.2, 0.25) is 0 Å². The van der Waals surface area contributed by atoms with Gasteiger partial charge >= 0.3 is 0 Å². The Morgan fingerprint density at radius 3 is 1.95 bits per heavy atom. The number of allylic oxidation sites excluding steroid dienone is 4. The van der Waals surface area contributed by atoms with Gasteiger partial charge in [-0.15, -0.1) is 0 Å². The van der Waals surface area contributed by atoms with Crippen molar-refractivity contribution in [3.05, 3.63) is 64.5 Å². The first-order chi connectivity index (χ1) is 20.4. The molecule has 0 radical (unpaired) electrons. The Balaban J connectivity index is 1.68. The standard InChI is InChI=1S/C42H66O2/c1-14-41(15-2,25-37(43)35(18-26(5)6)39(8,9)10)34-24-29-23-33(34)32-22-28(21-30(29)32)31-19-27(7)20-36(38(31)44)42(16-3,17-4)40(11,12)13/h18-20,25,28-30,32-34,43-44H,5,14-17,21-24H2,1-4,6-13H3/b35-18+,37-25-. The zero-order valence-corrected chi connectivity index (χ0v) is 30.5. The molecule has 6 unspecified atom stereocenters. The number of hydrogen-bond donors (Lipinski definition) is 2. The van der Waals surface area contributed by atoms with Crippen molar-refractivity contribution in [3.63, 3.8) is 0 Å². The molecule has 3 aliphatic carbocycles. The zero-order chi connectivity index (χ0) is 33.0. The van der Waals surface area contributed by atoms with Crippen molar-refractivity contribution in [1.29, 1.82) is 0 Å². The van der Waals surface area contributed by atoms with Gasteiger partial charge in [0.2, 0.25) is 0 Å². The highest BCUT2D eigenvalue weighted by Crippen LogP contribution is 2.68. The molecule has 44 heavy (non-hydrogen) atoms. The smallest absolute Gasteiger partial charge is 0.122 e. The number of phenolic OH excluding ortho intramolecular Hbond substituents is 1. The topological polar surface area (TPSA) is 40.5 Å². The summed E-state index contributed by atoms with van der Waals surface area (Å²) in [4.78, 5) is 0. The highest BCUT2D eigenvalue weighted by molar-refractivity contribution is 5.50. The Kier molecular flexibility index (Phi) is 9.78. The quantitative estimate of drug-likeness (QED) is 0.207. The number of phenols is 1. The number of aromatic hydroxyl groups is 1. The van der Waals surface area contributed by atoms with E-state index in [-0.39, 0.29) is 21.7 Å². The summed E-state index contributed by atoms with van der Waals surface area (Å²) in [7, 11) is 0. The largest absolute Gasteiger partial charge is 0.508 e. The van der Waals surface area contributed by atoms with Crippen molar-refractivity contribution in [3.8, 4) is 5.75 Å². The highest BCUT2D eigenvalue weighted by Gasteiger charge is 2.60. The van der Waals surface area contributed by atoms with Crippen molar-refractivity contribution in [2.24, 2.45) is 45.8 Å². The van der Waals surface area contributed by atoms with Crippen LogP contribution in [0, 0.1) is 52.8 Å². The number of fused-ring (bicyclic) bond motifs is 5. The first-order valence-corrected chi connectivity index (χ1v) is 18.0. The van der Waals surface area contributed by atoms with E-state index in [1.54, 1.807) is 0 Å². The second-order valence-corrected chi connectivity index (χ2v) is 17.4. The van der Waals surface area contributed by atoms with Gasteiger partial charge in [-0.3, -0.25) is 0 Å². The summed E-state index contributed by atoms with van der Waals surface area (Å²) in [6, 6.07) is 4.60. The van der Waals surface area contributed by atoms with Crippen LogP contribution in [0.4, 0.5) is 0 Å². The molecule has 3 aliphatic rings. The summed E-state index contributed by atoms with van der Waals surface area (Å²) in [6.07, 6.45) is 13.6. The van der Waals surface area contributed by atoms with Crippen molar-refractivity contribution >= 4 is 0 Å². The van der Waals surface area contributed by atoms with Gasteiger partial charge in [0, 0.05) is 11.0 Å². The summed E-state index contributed by atoms with van der Waals surface area (Å²) in [6.45, 7) is 31.2. The van der Waals surface area contributed by atoms with Crippen molar-refractivity contribution in [1.82, 2.24) is 0 Å². The van der Waals surface area contributed by atoms with Gasteiger partial charge in [-0.2, -0.15) is 0 Å². The van der Waals surface area contributed by atoms with Gasteiger partial charge in [-0.05, 0) is 134 Å². The van der Waals surface area contributed by atoms with Crippen LogP contribution < -0.4 is 0 Å². The summed E-state index contributed by atoms with van der Waals surface area (Å²) in [5, 5.41) is 23.7. The van der Waals surface area contributed by atoms with E-state index in [9.17, 15) is 10.2 Å². The molecule has 0 aliphatic heterocycles. The van der Waals surface area contributed by atoms with Crippen LogP contribution in [0.15, 0.2) is 47.8 Å². The fourth-order valence-electron chi connectivity index (χ4n) is 10.9. The minimum atomic E-state index is -0.153. The van der Waals surface area contributed by atoms with Gasteiger partial charge in [0.05, 0.1) is 0 Å². The molecule has 2 bridgehead atoms. The van der Waals surface area contributed by atoms with E-state index in [2.05, 4.69) is 107 Å². The first-order valence-electron chi connectivity index (χ1n) is 18.0. The van der Waals surface area contributed by atoms with Crippen molar-refractivity contribution < 1.29 is 10.2 Å². The molecular formula is C42H66O2. The van der Waals surface area contributed by atoms with Crippen LogP contribution in [0.3, 0.4) is 0 Å². The average molecular weight is 603 g/mol. The molecule has 0 amide bonds. The Morgan fingerprint density at radius 2 is 1.45 bits per heavy atom. The Bertz CT molecular complexity index is 1270. The predicted molar refractivity (Wildman–Crippen MR) is 189 cm³/mol. The molecule has 0 spiro atoms.